The van der Waals surface area contributed by atoms with Crippen molar-refractivity contribution in [2.45, 2.75) is 19.5 Å². The number of ether oxygens (including phenoxy) is 1. The molecular formula is C18H21ClN2O3. The van der Waals surface area contributed by atoms with Gasteiger partial charge >= 0.3 is 6.03 Å². The lowest BCUT2D eigenvalue weighted by molar-refractivity contribution is 0.216. The van der Waals surface area contributed by atoms with Crippen LogP contribution in [-0.2, 0) is 6.54 Å². The number of benzene rings is 2. The van der Waals surface area contributed by atoms with Gasteiger partial charge in [-0.3, -0.25) is 0 Å². The maximum absolute atomic E-state index is 12.1. The molecule has 0 radical (unpaired) electrons. The molecule has 2 rings (SSSR count). The lowest BCUT2D eigenvalue weighted by Crippen LogP contribution is -2.38. The summed E-state index contributed by atoms with van der Waals surface area (Å²) in [5.41, 5.74) is 2.75. The third-order valence-electron chi connectivity index (χ3n) is 3.69. The number of rotatable bonds is 6. The Morgan fingerprint density at radius 1 is 1.25 bits per heavy atom. The Hall–Kier alpha value is -2.24. The number of amides is 2. The number of nitrogens with one attached hydrogen (secondary N) is 2. The fourth-order valence-corrected chi connectivity index (χ4v) is 2.42. The molecule has 0 aliphatic carbocycles. The molecule has 1 atom stereocenters. The topological polar surface area (TPSA) is 70.6 Å². The highest BCUT2D eigenvalue weighted by molar-refractivity contribution is 6.30. The van der Waals surface area contributed by atoms with Crippen LogP contribution in [0.2, 0.25) is 5.02 Å². The summed E-state index contributed by atoms with van der Waals surface area (Å²) in [5.74, 6) is 0.782. The number of aliphatic hydroxyl groups excluding tert-OH is 1. The van der Waals surface area contributed by atoms with Crippen molar-refractivity contribution in [2.75, 3.05) is 13.7 Å². The Bertz CT molecular complexity index is 689. The second-order valence-corrected chi connectivity index (χ2v) is 5.85. The number of urea groups is 1. The quantitative estimate of drug-likeness (QED) is 0.750. The van der Waals surface area contributed by atoms with Gasteiger partial charge in [0, 0.05) is 11.6 Å². The highest BCUT2D eigenvalue weighted by atomic mass is 35.5. The fraction of sp³-hybridized carbons (Fsp3) is 0.278. The Balaban J connectivity index is 1.93. The molecule has 24 heavy (non-hydrogen) atoms. The SMILES string of the molecule is COc1cc(CNC(=O)NC(CO)c2ccc(Cl)cc2)ccc1C. The second kappa shape index (κ2) is 8.57. The zero-order valence-electron chi connectivity index (χ0n) is 13.7. The van der Waals surface area contributed by atoms with Gasteiger partial charge in [0.15, 0.2) is 0 Å². The molecule has 5 nitrogen and oxygen atoms in total. The number of methoxy groups -OCH3 is 1. The predicted octanol–water partition coefficient (Wildman–Crippen LogP) is 3.19. The molecule has 0 spiro atoms. The summed E-state index contributed by atoms with van der Waals surface area (Å²) >= 11 is 5.85. The first-order chi connectivity index (χ1) is 11.5. The zero-order valence-corrected chi connectivity index (χ0v) is 14.4. The van der Waals surface area contributed by atoms with Gasteiger partial charge in [0.05, 0.1) is 19.8 Å². The van der Waals surface area contributed by atoms with E-state index in [0.29, 0.717) is 11.6 Å². The van der Waals surface area contributed by atoms with E-state index in [0.717, 1.165) is 22.4 Å². The minimum absolute atomic E-state index is 0.201. The van der Waals surface area contributed by atoms with E-state index in [1.54, 1.807) is 31.4 Å². The van der Waals surface area contributed by atoms with Crippen molar-refractivity contribution < 1.29 is 14.6 Å². The van der Waals surface area contributed by atoms with E-state index in [-0.39, 0.29) is 12.6 Å². The number of hydrogen-bond acceptors (Lipinski definition) is 3. The van der Waals surface area contributed by atoms with Crippen LogP contribution in [0.5, 0.6) is 5.75 Å². The molecule has 0 aliphatic rings. The highest BCUT2D eigenvalue weighted by Gasteiger charge is 2.13. The van der Waals surface area contributed by atoms with Gasteiger partial charge in [0.1, 0.15) is 5.75 Å². The van der Waals surface area contributed by atoms with Gasteiger partial charge in [-0.25, -0.2) is 4.79 Å². The van der Waals surface area contributed by atoms with Crippen molar-refractivity contribution in [3.8, 4) is 5.75 Å². The maximum Gasteiger partial charge on any atom is 0.315 e. The molecule has 0 aliphatic heterocycles. The van der Waals surface area contributed by atoms with Crippen molar-refractivity contribution in [3.05, 3.63) is 64.2 Å². The molecule has 6 heteroatoms. The van der Waals surface area contributed by atoms with Crippen molar-refractivity contribution in [1.82, 2.24) is 10.6 Å². The van der Waals surface area contributed by atoms with E-state index < -0.39 is 6.04 Å². The monoisotopic (exact) mass is 348 g/mol. The molecule has 3 N–H and O–H groups in total. The van der Waals surface area contributed by atoms with E-state index in [9.17, 15) is 9.90 Å². The minimum atomic E-state index is -0.491. The lowest BCUT2D eigenvalue weighted by atomic mass is 10.1. The molecule has 1 unspecified atom stereocenters. The standard InChI is InChI=1S/C18H21ClN2O3/c1-12-3-4-13(9-17(12)24-2)10-20-18(23)21-16(11-22)14-5-7-15(19)8-6-14/h3-9,16,22H,10-11H2,1-2H3,(H2,20,21,23). The number of halogens is 1. The molecule has 0 heterocycles. The molecule has 0 aromatic heterocycles. The van der Waals surface area contributed by atoms with Crippen LogP contribution in [0.25, 0.3) is 0 Å². The first-order valence-electron chi connectivity index (χ1n) is 7.57. The Kier molecular flexibility index (Phi) is 6.46. The van der Waals surface area contributed by atoms with Gasteiger partial charge in [0.25, 0.3) is 0 Å². The van der Waals surface area contributed by atoms with Crippen molar-refractivity contribution >= 4 is 17.6 Å². The van der Waals surface area contributed by atoms with Crippen LogP contribution in [0.4, 0.5) is 4.79 Å². The summed E-state index contributed by atoms with van der Waals surface area (Å²) in [6.07, 6.45) is 0. The van der Waals surface area contributed by atoms with Crippen molar-refractivity contribution in [3.63, 3.8) is 0 Å². The first-order valence-corrected chi connectivity index (χ1v) is 7.95. The van der Waals surface area contributed by atoms with Crippen molar-refractivity contribution in [2.24, 2.45) is 0 Å². The van der Waals surface area contributed by atoms with E-state index in [1.165, 1.54) is 0 Å². The number of aliphatic hydroxyl groups is 1. The molecule has 2 amide bonds. The Morgan fingerprint density at radius 3 is 2.58 bits per heavy atom. The van der Waals surface area contributed by atoms with Gasteiger partial charge in [-0.2, -0.15) is 0 Å². The summed E-state index contributed by atoms with van der Waals surface area (Å²) in [5, 5.41) is 15.6. The van der Waals surface area contributed by atoms with Gasteiger partial charge in [-0.1, -0.05) is 35.9 Å². The second-order valence-electron chi connectivity index (χ2n) is 5.42. The fourth-order valence-electron chi connectivity index (χ4n) is 2.30. The van der Waals surface area contributed by atoms with Crippen LogP contribution in [-0.4, -0.2) is 24.9 Å². The summed E-state index contributed by atoms with van der Waals surface area (Å²) in [6, 6.07) is 11.9. The van der Waals surface area contributed by atoms with Crippen LogP contribution in [0.15, 0.2) is 42.5 Å². The third kappa shape index (κ3) is 4.88. The minimum Gasteiger partial charge on any atom is -0.496 e. The number of carbonyl (C=O) groups excluding carboxylic acids is 1. The normalized spacial score (nSPS) is 11.7. The van der Waals surface area contributed by atoms with E-state index in [1.807, 2.05) is 25.1 Å². The summed E-state index contributed by atoms with van der Waals surface area (Å²) < 4.78 is 5.27. The summed E-state index contributed by atoms with van der Waals surface area (Å²) in [4.78, 5) is 12.1. The van der Waals surface area contributed by atoms with E-state index in [2.05, 4.69) is 10.6 Å². The third-order valence-corrected chi connectivity index (χ3v) is 3.94. The molecule has 0 fully saturated rings. The molecule has 0 saturated carbocycles. The number of carbonyl (C=O) groups is 1. The summed E-state index contributed by atoms with van der Waals surface area (Å²) in [6.45, 7) is 2.12. The molecule has 2 aromatic carbocycles. The Labute approximate surface area is 146 Å². The van der Waals surface area contributed by atoms with Crippen LogP contribution in [0, 0.1) is 6.92 Å². The average molecular weight is 349 g/mol. The smallest absolute Gasteiger partial charge is 0.315 e. The van der Waals surface area contributed by atoms with Gasteiger partial charge in [0.2, 0.25) is 0 Å². The van der Waals surface area contributed by atoms with Gasteiger partial charge in [-0.05, 0) is 41.8 Å². The largest absolute Gasteiger partial charge is 0.496 e. The average Bonchev–Trinajstić information content (AvgIpc) is 2.59. The van der Waals surface area contributed by atoms with Gasteiger partial charge in [-0.15, -0.1) is 0 Å². The molecule has 0 saturated heterocycles. The number of aryl methyl sites for hydroxylation is 1. The van der Waals surface area contributed by atoms with Crippen LogP contribution in [0.1, 0.15) is 22.7 Å². The van der Waals surface area contributed by atoms with E-state index in [4.69, 9.17) is 16.3 Å². The molecular weight excluding hydrogens is 328 g/mol. The predicted molar refractivity (Wildman–Crippen MR) is 94.4 cm³/mol. The molecule has 2 aromatic rings. The maximum atomic E-state index is 12.1. The van der Waals surface area contributed by atoms with Crippen LogP contribution < -0.4 is 15.4 Å². The molecule has 128 valence electrons. The first kappa shape index (κ1) is 18.1. The van der Waals surface area contributed by atoms with E-state index >= 15 is 0 Å². The van der Waals surface area contributed by atoms with Crippen LogP contribution in [0.3, 0.4) is 0 Å². The Morgan fingerprint density at radius 2 is 1.96 bits per heavy atom. The highest BCUT2D eigenvalue weighted by Crippen LogP contribution is 2.19. The number of hydrogen-bond donors (Lipinski definition) is 3. The molecule has 0 bridgehead atoms. The lowest BCUT2D eigenvalue weighted by Gasteiger charge is -2.17. The zero-order chi connectivity index (χ0) is 17.5. The van der Waals surface area contributed by atoms with Gasteiger partial charge < -0.3 is 20.5 Å². The van der Waals surface area contributed by atoms with Crippen LogP contribution >= 0.6 is 11.6 Å². The summed E-state index contributed by atoms with van der Waals surface area (Å²) in [7, 11) is 1.62. The van der Waals surface area contributed by atoms with Crippen molar-refractivity contribution in [1.29, 1.82) is 0 Å².